The third-order valence-electron chi connectivity index (χ3n) is 3.63. The van der Waals surface area contributed by atoms with Crippen LogP contribution in [-0.2, 0) is 10.2 Å². The van der Waals surface area contributed by atoms with E-state index in [0.29, 0.717) is 0 Å². The first-order valence-corrected chi connectivity index (χ1v) is 7.99. The molecule has 0 radical (unpaired) electrons. The summed E-state index contributed by atoms with van der Waals surface area (Å²) in [5.74, 6) is -0.155. The Hall–Kier alpha value is -2.62. The number of anilines is 2. The Morgan fingerprint density at radius 3 is 2.38 bits per heavy atom. The van der Waals surface area contributed by atoms with E-state index in [4.69, 9.17) is 0 Å². The SMILES string of the molecule is CN(C)c1ccc(/C=C/C(=O)Nc2ccnc(C(C)(C)C)c2)cc1. The molecule has 0 saturated carbocycles. The standard InChI is InChI=1S/C20H25N3O/c1-20(2,3)18-14-16(12-13-21-18)22-19(24)11-8-15-6-9-17(10-7-15)23(4)5/h6-14H,1-5H3,(H,21,22,24)/b11-8+. The summed E-state index contributed by atoms with van der Waals surface area (Å²) in [6.45, 7) is 6.29. The highest BCUT2D eigenvalue weighted by molar-refractivity contribution is 6.01. The zero-order valence-electron chi connectivity index (χ0n) is 15.0. The Labute approximate surface area is 144 Å². The number of nitrogens with one attached hydrogen (secondary N) is 1. The maximum Gasteiger partial charge on any atom is 0.248 e. The van der Waals surface area contributed by atoms with Crippen molar-refractivity contribution < 1.29 is 4.79 Å². The molecular weight excluding hydrogens is 298 g/mol. The van der Waals surface area contributed by atoms with Crippen LogP contribution in [0.4, 0.5) is 11.4 Å². The molecule has 2 rings (SSSR count). The van der Waals surface area contributed by atoms with E-state index in [1.165, 1.54) is 0 Å². The fraction of sp³-hybridized carbons (Fsp3) is 0.300. The van der Waals surface area contributed by atoms with Crippen LogP contribution in [0.25, 0.3) is 6.08 Å². The molecule has 24 heavy (non-hydrogen) atoms. The molecule has 0 bridgehead atoms. The maximum absolute atomic E-state index is 12.1. The normalized spacial score (nSPS) is 11.5. The maximum atomic E-state index is 12.1. The van der Waals surface area contributed by atoms with Crippen LogP contribution < -0.4 is 10.2 Å². The van der Waals surface area contributed by atoms with Gasteiger partial charge >= 0.3 is 0 Å². The molecular formula is C20H25N3O. The molecule has 1 aromatic carbocycles. The van der Waals surface area contributed by atoms with Crippen molar-refractivity contribution >= 4 is 23.4 Å². The monoisotopic (exact) mass is 323 g/mol. The lowest BCUT2D eigenvalue weighted by Gasteiger charge is -2.18. The van der Waals surface area contributed by atoms with Gasteiger partial charge in [-0.3, -0.25) is 9.78 Å². The average Bonchev–Trinajstić information content (AvgIpc) is 2.53. The molecule has 0 aliphatic rings. The molecule has 1 heterocycles. The lowest BCUT2D eigenvalue weighted by atomic mass is 9.91. The molecule has 0 aliphatic carbocycles. The number of hydrogen-bond acceptors (Lipinski definition) is 3. The predicted octanol–water partition coefficient (Wildman–Crippen LogP) is 4.10. The molecule has 126 valence electrons. The second-order valence-corrected chi connectivity index (χ2v) is 6.99. The minimum absolute atomic E-state index is 0.0508. The first-order valence-electron chi connectivity index (χ1n) is 7.99. The number of carbonyl (C=O) groups excluding carboxylic acids is 1. The van der Waals surface area contributed by atoms with Gasteiger partial charge in [-0.1, -0.05) is 32.9 Å². The Balaban J connectivity index is 2.02. The van der Waals surface area contributed by atoms with Gasteiger partial charge in [0.15, 0.2) is 0 Å². The molecule has 0 saturated heterocycles. The predicted molar refractivity (Wildman–Crippen MR) is 101 cm³/mol. The van der Waals surface area contributed by atoms with Crippen LogP contribution in [0, 0.1) is 0 Å². The Morgan fingerprint density at radius 2 is 1.79 bits per heavy atom. The second kappa shape index (κ2) is 7.30. The van der Waals surface area contributed by atoms with Gasteiger partial charge in [-0.25, -0.2) is 0 Å². The molecule has 1 N–H and O–H groups in total. The minimum Gasteiger partial charge on any atom is -0.378 e. The van der Waals surface area contributed by atoms with Gasteiger partial charge < -0.3 is 10.2 Å². The summed E-state index contributed by atoms with van der Waals surface area (Å²) < 4.78 is 0. The fourth-order valence-corrected chi connectivity index (χ4v) is 2.16. The zero-order valence-corrected chi connectivity index (χ0v) is 15.0. The third-order valence-corrected chi connectivity index (χ3v) is 3.63. The van der Waals surface area contributed by atoms with E-state index in [9.17, 15) is 4.79 Å². The highest BCUT2D eigenvalue weighted by Gasteiger charge is 2.15. The van der Waals surface area contributed by atoms with Gasteiger partial charge in [-0.15, -0.1) is 0 Å². The summed E-state index contributed by atoms with van der Waals surface area (Å²) in [6, 6.07) is 11.7. The van der Waals surface area contributed by atoms with Gasteiger partial charge in [0.2, 0.25) is 5.91 Å². The first kappa shape index (κ1) is 17.7. The molecule has 1 amide bonds. The molecule has 0 spiro atoms. The molecule has 0 atom stereocenters. The van der Waals surface area contributed by atoms with E-state index in [0.717, 1.165) is 22.6 Å². The topological polar surface area (TPSA) is 45.2 Å². The Kier molecular flexibility index (Phi) is 5.39. The largest absolute Gasteiger partial charge is 0.378 e. The van der Waals surface area contributed by atoms with Crippen molar-refractivity contribution in [1.82, 2.24) is 4.98 Å². The quantitative estimate of drug-likeness (QED) is 0.862. The first-order chi connectivity index (χ1) is 11.3. The van der Waals surface area contributed by atoms with E-state index in [-0.39, 0.29) is 11.3 Å². The number of pyridine rings is 1. The number of carbonyl (C=O) groups is 1. The number of benzene rings is 1. The van der Waals surface area contributed by atoms with Crippen LogP contribution in [0.5, 0.6) is 0 Å². The van der Waals surface area contributed by atoms with E-state index >= 15 is 0 Å². The van der Waals surface area contributed by atoms with Crippen molar-refractivity contribution in [3.63, 3.8) is 0 Å². The van der Waals surface area contributed by atoms with Crippen LogP contribution in [0.1, 0.15) is 32.0 Å². The van der Waals surface area contributed by atoms with Gasteiger partial charge in [-0.2, -0.15) is 0 Å². The van der Waals surface area contributed by atoms with Crippen LogP contribution >= 0.6 is 0 Å². The molecule has 0 unspecified atom stereocenters. The zero-order chi connectivity index (χ0) is 17.7. The van der Waals surface area contributed by atoms with E-state index < -0.39 is 0 Å². The van der Waals surface area contributed by atoms with Crippen molar-refractivity contribution in [3.05, 3.63) is 59.9 Å². The number of nitrogens with zero attached hydrogens (tertiary/aromatic N) is 2. The fourth-order valence-electron chi connectivity index (χ4n) is 2.16. The van der Waals surface area contributed by atoms with Crippen molar-refractivity contribution in [3.8, 4) is 0 Å². The molecule has 1 aromatic heterocycles. The Bertz CT molecular complexity index is 725. The molecule has 0 fully saturated rings. The highest BCUT2D eigenvalue weighted by atomic mass is 16.1. The number of aromatic nitrogens is 1. The van der Waals surface area contributed by atoms with Gasteiger partial charge in [0, 0.05) is 48.9 Å². The van der Waals surface area contributed by atoms with Crippen LogP contribution in [0.15, 0.2) is 48.7 Å². The molecule has 4 heteroatoms. The summed E-state index contributed by atoms with van der Waals surface area (Å²) in [4.78, 5) is 18.5. The summed E-state index contributed by atoms with van der Waals surface area (Å²) in [5, 5.41) is 2.88. The summed E-state index contributed by atoms with van der Waals surface area (Å²) in [6.07, 6.45) is 5.07. The summed E-state index contributed by atoms with van der Waals surface area (Å²) >= 11 is 0. The van der Waals surface area contributed by atoms with Gasteiger partial charge in [0.25, 0.3) is 0 Å². The lowest BCUT2D eigenvalue weighted by Crippen LogP contribution is -2.15. The minimum atomic E-state index is -0.155. The smallest absolute Gasteiger partial charge is 0.248 e. The Morgan fingerprint density at radius 1 is 1.12 bits per heavy atom. The third kappa shape index (κ3) is 4.95. The van der Waals surface area contributed by atoms with Crippen molar-refractivity contribution in [1.29, 1.82) is 0 Å². The second-order valence-electron chi connectivity index (χ2n) is 6.99. The van der Waals surface area contributed by atoms with Crippen LogP contribution in [-0.4, -0.2) is 25.0 Å². The van der Waals surface area contributed by atoms with Crippen molar-refractivity contribution in [2.45, 2.75) is 26.2 Å². The number of hydrogen-bond donors (Lipinski definition) is 1. The van der Waals surface area contributed by atoms with Crippen LogP contribution in [0.3, 0.4) is 0 Å². The van der Waals surface area contributed by atoms with Gasteiger partial charge in [-0.05, 0) is 35.9 Å². The molecule has 4 nitrogen and oxygen atoms in total. The van der Waals surface area contributed by atoms with E-state index in [2.05, 4.69) is 31.1 Å². The van der Waals surface area contributed by atoms with Gasteiger partial charge in [0.05, 0.1) is 0 Å². The average molecular weight is 323 g/mol. The van der Waals surface area contributed by atoms with Gasteiger partial charge in [0.1, 0.15) is 0 Å². The number of rotatable bonds is 4. The van der Waals surface area contributed by atoms with E-state index in [1.54, 1.807) is 24.4 Å². The summed E-state index contributed by atoms with van der Waals surface area (Å²) in [7, 11) is 4.00. The van der Waals surface area contributed by atoms with Crippen molar-refractivity contribution in [2.24, 2.45) is 0 Å². The lowest BCUT2D eigenvalue weighted by molar-refractivity contribution is -0.111. The molecule has 0 aliphatic heterocycles. The van der Waals surface area contributed by atoms with Crippen molar-refractivity contribution in [2.75, 3.05) is 24.3 Å². The number of amides is 1. The molecule has 2 aromatic rings. The summed E-state index contributed by atoms with van der Waals surface area (Å²) in [5.41, 5.74) is 3.77. The van der Waals surface area contributed by atoms with E-state index in [1.807, 2.05) is 49.3 Å². The van der Waals surface area contributed by atoms with Crippen LogP contribution in [0.2, 0.25) is 0 Å². The highest BCUT2D eigenvalue weighted by Crippen LogP contribution is 2.22.